The number of nitrogen functional groups attached to an aromatic ring is 1. The highest BCUT2D eigenvalue weighted by Crippen LogP contribution is 2.35. The lowest BCUT2D eigenvalue weighted by molar-refractivity contribution is 0.0939. The van der Waals surface area contributed by atoms with Crippen molar-refractivity contribution in [2.45, 2.75) is 0 Å². The number of hydrogen-bond donors (Lipinski definition) is 2. The maximum atomic E-state index is 13.0. The van der Waals surface area contributed by atoms with Crippen LogP contribution in [0.25, 0.3) is 27.9 Å². The molecule has 1 amide bonds. The molecular weight excluding hydrogens is 398 g/mol. The summed E-state index contributed by atoms with van der Waals surface area (Å²) in [5, 5.41) is 2.82. The predicted molar refractivity (Wildman–Crippen MR) is 118 cm³/mol. The summed E-state index contributed by atoms with van der Waals surface area (Å²) < 4.78 is 17.5. The lowest BCUT2D eigenvalue weighted by atomic mass is 10.2. The molecule has 4 rings (SSSR count). The molecule has 3 N–H and O–H groups in total. The molecule has 0 aliphatic heterocycles. The molecule has 0 aliphatic carbocycles. The van der Waals surface area contributed by atoms with E-state index in [1.807, 2.05) is 30.3 Å². The maximum Gasteiger partial charge on any atom is 0.257 e. The average Bonchev–Trinajstić information content (AvgIpc) is 3.07. The Labute approximate surface area is 178 Å². The number of amides is 1. The number of rotatable bonds is 7. The molecule has 0 saturated heterocycles. The smallest absolute Gasteiger partial charge is 0.257 e. The summed E-state index contributed by atoms with van der Waals surface area (Å²) in [5.74, 6) is 0.993. The molecule has 0 bridgehead atoms. The second-order valence-electron chi connectivity index (χ2n) is 6.77. The fourth-order valence-corrected chi connectivity index (χ4v) is 3.47. The molecule has 160 valence electrons. The monoisotopic (exact) mass is 421 g/mol. The highest BCUT2D eigenvalue weighted by atomic mass is 16.5. The van der Waals surface area contributed by atoms with Crippen LogP contribution < -0.4 is 20.5 Å². The average molecular weight is 421 g/mol. The SMILES string of the molecule is COCCNC(=O)c1c(N)n(-c2ccc(OC)c(OC)c2)c2nc3ccccc3nc12. The van der Waals surface area contributed by atoms with Crippen LogP contribution in [0, 0.1) is 0 Å². The third kappa shape index (κ3) is 3.59. The number of para-hydroxylation sites is 2. The van der Waals surface area contributed by atoms with E-state index in [-0.39, 0.29) is 17.3 Å². The van der Waals surface area contributed by atoms with Crippen LogP contribution in [0.3, 0.4) is 0 Å². The Hall–Kier alpha value is -3.85. The molecule has 2 aromatic heterocycles. The topological polar surface area (TPSA) is 114 Å². The molecule has 0 radical (unpaired) electrons. The van der Waals surface area contributed by atoms with E-state index in [4.69, 9.17) is 29.9 Å². The van der Waals surface area contributed by atoms with Gasteiger partial charge in [-0.15, -0.1) is 0 Å². The van der Waals surface area contributed by atoms with Gasteiger partial charge in [0.2, 0.25) is 0 Å². The molecule has 0 saturated carbocycles. The molecule has 9 heteroatoms. The van der Waals surface area contributed by atoms with E-state index >= 15 is 0 Å². The number of anilines is 1. The minimum atomic E-state index is -0.344. The van der Waals surface area contributed by atoms with Gasteiger partial charge in [-0.25, -0.2) is 9.97 Å². The van der Waals surface area contributed by atoms with E-state index in [2.05, 4.69) is 5.32 Å². The summed E-state index contributed by atoms with van der Waals surface area (Å²) in [6.45, 7) is 0.730. The number of fused-ring (bicyclic) bond motifs is 2. The van der Waals surface area contributed by atoms with Crippen LogP contribution in [0.15, 0.2) is 42.5 Å². The third-order valence-electron chi connectivity index (χ3n) is 4.94. The van der Waals surface area contributed by atoms with E-state index in [1.165, 1.54) is 0 Å². The molecule has 0 unspecified atom stereocenters. The molecule has 9 nitrogen and oxygen atoms in total. The summed E-state index contributed by atoms with van der Waals surface area (Å²) in [6, 6.07) is 12.8. The first-order chi connectivity index (χ1) is 15.1. The predicted octanol–water partition coefficient (Wildman–Crippen LogP) is 2.55. The lowest BCUT2D eigenvalue weighted by Gasteiger charge is -2.12. The highest BCUT2D eigenvalue weighted by Gasteiger charge is 2.25. The second-order valence-corrected chi connectivity index (χ2v) is 6.77. The summed E-state index contributed by atoms with van der Waals surface area (Å²) in [4.78, 5) is 22.4. The van der Waals surface area contributed by atoms with E-state index < -0.39 is 0 Å². The third-order valence-corrected chi connectivity index (χ3v) is 4.94. The Kier molecular flexibility index (Phi) is 5.59. The summed E-state index contributed by atoms with van der Waals surface area (Å²) in [5.41, 5.74) is 9.68. The van der Waals surface area contributed by atoms with Crippen molar-refractivity contribution >= 4 is 33.9 Å². The summed E-state index contributed by atoms with van der Waals surface area (Å²) in [7, 11) is 4.69. The summed E-state index contributed by atoms with van der Waals surface area (Å²) in [6.07, 6.45) is 0. The summed E-state index contributed by atoms with van der Waals surface area (Å²) >= 11 is 0. The van der Waals surface area contributed by atoms with E-state index in [9.17, 15) is 4.79 Å². The quantitative estimate of drug-likeness (QED) is 0.441. The number of ether oxygens (including phenoxy) is 3. The van der Waals surface area contributed by atoms with Crippen molar-refractivity contribution in [1.82, 2.24) is 19.9 Å². The van der Waals surface area contributed by atoms with Crippen molar-refractivity contribution in [3.8, 4) is 17.2 Å². The van der Waals surface area contributed by atoms with Gasteiger partial charge in [0.05, 0.1) is 37.5 Å². The number of methoxy groups -OCH3 is 3. The van der Waals surface area contributed by atoms with Crippen LogP contribution in [-0.4, -0.2) is 54.9 Å². The minimum Gasteiger partial charge on any atom is -0.493 e. The number of benzene rings is 2. The zero-order valence-electron chi connectivity index (χ0n) is 17.5. The van der Waals surface area contributed by atoms with Gasteiger partial charge < -0.3 is 25.3 Å². The molecule has 0 spiro atoms. The van der Waals surface area contributed by atoms with Crippen LogP contribution in [0.4, 0.5) is 5.82 Å². The van der Waals surface area contributed by atoms with Gasteiger partial charge in [0.15, 0.2) is 17.1 Å². The second kappa shape index (κ2) is 8.49. The van der Waals surface area contributed by atoms with Gasteiger partial charge in [-0.2, -0.15) is 0 Å². The van der Waals surface area contributed by atoms with Crippen molar-refractivity contribution in [1.29, 1.82) is 0 Å². The largest absolute Gasteiger partial charge is 0.493 e. The first kappa shape index (κ1) is 20.4. The van der Waals surface area contributed by atoms with Crippen molar-refractivity contribution in [3.63, 3.8) is 0 Å². The number of aromatic nitrogens is 3. The standard InChI is InChI=1S/C22H23N5O4/c1-29-11-10-24-22(28)18-19-21(26-15-7-5-4-6-14(15)25-19)27(20(18)23)13-8-9-16(30-2)17(12-13)31-3/h4-9,12H,10-11,23H2,1-3H3,(H,24,28). The van der Waals surface area contributed by atoms with Gasteiger partial charge >= 0.3 is 0 Å². The fraction of sp³-hybridized carbons (Fsp3) is 0.227. The zero-order valence-corrected chi connectivity index (χ0v) is 17.5. The number of carbonyl (C=O) groups is 1. The minimum absolute atomic E-state index is 0.229. The van der Waals surface area contributed by atoms with Crippen molar-refractivity contribution < 1.29 is 19.0 Å². The molecule has 2 heterocycles. The first-order valence-electron chi connectivity index (χ1n) is 9.65. The van der Waals surface area contributed by atoms with Gasteiger partial charge in [-0.05, 0) is 24.3 Å². The van der Waals surface area contributed by atoms with Crippen LogP contribution in [0.5, 0.6) is 11.5 Å². The van der Waals surface area contributed by atoms with E-state index in [0.29, 0.717) is 52.5 Å². The fourth-order valence-electron chi connectivity index (χ4n) is 3.47. The molecule has 0 fully saturated rings. The Morgan fingerprint density at radius 1 is 1.03 bits per heavy atom. The Morgan fingerprint density at radius 3 is 2.42 bits per heavy atom. The molecule has 0 atom stereocenters. The lowest BCUT2D eigenvalue weighted by Crippen LogP contribution is -2.27. The van der Waals surface area contributed by atoms with Gasteiger partial charge in [0.25, 0.3) is 5.91 Å². The normalized spacial score (nSPS) is 11.1. The number of carbonyl (C=O) groups excluding carboxylic acids is 1. The first-order valence-corrected chi connectivity index (χ1v) is 9.65. The highest BCUT2D eigenvalue weighted by molar-refractivity contribution is 6.11. The van der Waals surface area contributed by atoms with E-state index in [0.717, 1.165) is 0 Å². The Morgan fingerprint density at radius 2 is 1.74 bits per heavy atom. The van der Waals surface area contributed by atoms with Crippen molar-refractivity contribution in [3.05, 3.63) is 48.0 Å². The molecule has 31 heavy (non-hydrogen) atoms. The Bertz CT molecular complexity index is 1270. The van der Waals surface area contributed by atoms with Crippen LogP contribution in [0.1, 0.15) is 10.4 Å². The zero-order chi connectivity index (χ0) is 22.0. The van der Waals surface area contributed by atoms with Gasteiger partial charge in [0.1, 0.15) is 16.9 Å². The number of nitrogens with one attached hydrogen (secondary N) is 1. The maximum absolute atomic E-state index is 13.0. The van der Waals surface area contributed by atoms with Gasteiger partial charge in [-0.1, -0.05) is 12.1 Å². The van der Waals surface area contributed by atoms with Crippen molar-refractivity contribution in [2.75, 3.05) is 40.2 Å². The van der Waals surface area contributed by atoms with E-state index in [1.54, 1.807) is 38.0 Å². The Balaban J connectivity index is 1.97. The van der Waals surface area contributed by atoms with Crippen LogP contribution in [-0.2, 0) is 4.74 Å². The molecule has 0 aliphatic rings. The number of hydrogen-bond acceptors (Lipinski definition) is 7. The number of nitrogens with zero attached hydrogens (tertiary/aromatic N) is 3. The molecule has 4 aromatic rings. The van der Waals surface area contributed by atoms with Gasteiger partial charge in [0, 0.05) is 19.7 Å². The number of nitrogens with two attached hydrogens (primary N) is 1. The van der Waals surface area contributed by atoms with Crippen LogP contribution in [0.2, 0.25) is 0 Å². The van der Waals surface area contributed by atoms with Gasteiger partial charge in [-0.3, -0.25) is 9.36 Å². The molecule has 2 aromatic carbocycles. The van der Waals surface area contributed by atoms with Crippen molar-refractivity contribution in [2.24, 2.45) is 0 Å². The molecular formula is C22H23N5O4. The van der Waals surface area contributed by atoms with Crippen LogP contribution >= 0.6 is 0 Å².